The van der Waals surface area contributed by atoms with Crippen molar-refractivity contribution in [3.05, 3.63) is 76.5 Å². The Kier molecular flexibility index (Phi) is 4.82. The Hall–Kier alpha value is -2.79. The molecule has 2 aromatic carbocycles. The minimum Gasteiger partial charge on any atom is -0.489 e. The molecular formula is C18H15ClN2O3. The zero-order valence-corrected chi connectivity index (χ0v) is 13.5. The van der Waals surface area contributed by atoms with Crippen molar-refractivity contribution < 1.29 is 14.3 Å². The fraction of sp³-hybridized carbons (Fsp3) is 0.111. The summed E-state index contributed by atoms with van der Waals surface area (Å²) in [6.07, 6.45) is 2.23. The van der Waals surface area contributed by atoms with Crippen molar-refractivity contribution in [2.24, 2.45) is 0 Å². The van der Waals surface area contributed by atoms with Crippen LogP contribution in [0.15, 0.2) is 60.3 Å². The van der Waals surface area contributed by atoms with Crippen LogP contribution in [0.4, 0.5) is 4.79 Å². The van der Waals surface area contributed by atoms with Gasteiger partial charge in [-0.2, -0.15) is 0 Å². The lowest BCUT2D eigenvalue weighted by Gasteiger charge is -2.07. The molecule has 1 aliphatic rings. The van der Waals surface area contributed by atoms with Crippen LogP contribution in [0.3, 0.4) is 0 Å². The van der Waals surface area contributed by atoms with E-state index in [1.807, 2.05) is 48.5 Å². The fourth-order valence-electron chi connectivity index (χ4n) is 2.21. The molecule has 1 fully saturated rings. The smallest absolute Gasteiger partial charge is 0.326 e. The molecule has 0 unspecified atom stereocenters. The molecule has 0 bridgehead atoms. The average molecular weight is 343 g/mol. The molecule has 122 valence electrons. The number of halogens is 1. The van der Waals surface area contributed by atoms with Crippen LogP contribution in [-0.4, -0.2) is 11.9 Å². The van der Waals surface area contributed by atoms with E-state index >= 15 is 0 Å². The molecule has 0 aromatic heterocycles. The zero-order valence-electron chi connectivity index (χ0n) is 12.7. The SMILES string of the molecule is O=C1NC(=O)C(=CCc2ccc(OCc3ccc(Cl)cc3)cc2)N1. The van der Waals surface area contributed by atoms with Gasteiger partial charge in [0, 0.05) is 5.02 Å². The molecule has 0 spiro atoms. The van der Waals surface area contributed by atoms with Gasteiger partial charge in [0.15, 0.2) is 0 Å². The van der Waals surface area contributed by atoms with Gasteiger partial charge in [0.05, 0.1) is 0 Å². The lowest BCUT2D eigenvalue weighted by molar-refractivity contribution is -0.115. The number of carbonyl (C=O) groups excluding carboxylic acids is 2. The number of hydrogen-bond acceptors (Lipinski definition) is 3. The van der Waals surface area contributed by atoms with Gasteiger partial charge < -0.3 is 10.1 Å². The van der Waals surface area contributed by atoms with Crippen molar-refractivity contribution in [3.63, 3.8) is 0 Å². The highest BCUT2D eigenvalue weighted by Gasteiger charge is 2.22. The van der Waals surface area contributed by atoms with Crippen molar-refractivity contribution in [3.8, 4) is 5.75 Å². The molecule has 5 nitrogen and oxygen atoms in total. The normalized spacial score (nSPS) is 15.3. The third kappa shape index (κ3) is 4.14. The third-order valence-corrected chi connectivity index (χ3v) is 3.76. The number of allylic oxidation sites excluding steroid dienone is 1. The van der Waals surface area contributed by atoms with Crippen LogP contribution < -0.4 is 15.4 Å². The van der Waals surface area contributed by atoms with Crippen LogP contribution >= 0.6 is 11.6 Å². The molecule has 1 aliphatic heterocycles. The second-order valence-corrected chi connectivity index (χ2v) is 5.73. The zero-order chi connectivity index (χ0) is 16.9. The molecule has 0 radical (unpaired) electrons. The Morgan fingerprint density at radius 3 is 2.21 bits per heavy atom. The molecule has 1 heterocycles. The first kappa shape index (κ1) is 16.1. The summed E-state index contributed by atoms with van der Waals surface area (Å²) < 4.78 is 5.72. The van der Waals surface area contributed by atoms with Crippen LogP contribution in [0.5, 0.6) is 5.75 Å². The summed E-state index contributed by atoms with van der Waals surface area (Å²) in [5, 5.41) is 5.32. The largest absolute Gasteiger partial charge is 0.489 e. The first-order chi connectivity index (χ1) is 11.6. The van der Waals surface area contributed by atoms with Crippen LogP contribution in [-0.2, 0) is 17.8 Å². The lowest BCUT2D eigenvalue weighted by Crippen LogP contribution is -2.22. The fourth-order valence-corrected chi connectivity index (χ4v) is 2.34. The Labute approximate surface area is 144 Å². The topological polar surface area (TPSA) is 67.4 Å². The summed E-state index contributed by atoms with van der Waals surface area (Å²) in [5.41, 5.74) is 2.33. The summed E-state index contributed by atoms with van der Waals surface area (Å²) in [7, 11) is 0. The molecule has 2 aromatic rings. The number of benzene rings is 2. The van der Waals surface area contributed by atoms with E-state index in [2.05, 4.69) is 10.6 Å². The number of rotatable bonds is 5. The molecule has 1 saturated heterocycles. The minimum atomic E-state index is -0.489. The number of nitrogens with one attached hydrogen (secondary N) is 2. The highest BCUT2D eigenvalue weighted by atomic mass is 35.5. The van der Waals surface area contributed by atoms with E-state index in [0.717, 1.165) is 16.9 Å². The van der Waals surface area contributed by atoms with Gasteiger partial charge in [-0.25, -0.2) is 4.79 Å². The quantitative estimate of drug-likeness (QED) is 0.647. The predicted octanol–water partition coefficient (Wildman–Crippen LogP) is 3.18. The standard InChI is InChI=1S/C18H15ClN2O3/c19-14-6-1-13(2-7-14)11-24-15-8-3-12(4-9-15)5-10-16-17(22)21-18(23)20-16/h1-4,6-10H,5,11H2,(H2,20,21,22,23). The van der Waals surface area contributed by atoms with Crippen molar-refractivity contribution in [1.29, 1.82) is 0 Å². The van der Waals surface area contributed by atoms with E-state index in [9.17, 15) is 9.59 Å². The van der Waals surface area contributed by atoms with Crippen molar-refractivity contribution in [2.45, 2.75) is 13.0 Å². The number of ether oxygens (including phenoxy) is 1. The molecule has 24 heavy (non-hydrogen) atoms. The lowest BCUT2D eigenvalue weighted by atomic mass is 10.1. The third-order valence-electron chi connectivity index (χ3n) is 3.50. The molecule has 0 saturated carbocycles. The molecule has 0 aliphatic carbocycles. The molecular weight excluding hydrogens is 328 g/mol. The summed E-state index contributed by atoms with van der Waals surface area (Å²) in [6.45, 7) is 0.465. The number of amides is 3. The van der Waals surface area contributed by atoms with E-state index in [-0.39, 0.29) is 5.70 Å². The van der Waals surface area contributed by atoms with Crippen molar-refractivity contribution in [2.75, 3.05) is 0 Å². The number of carbonyl (C=O) groups is 2. The molecule has 0 atom stereocenters. The van der Waals surface area contributed by atoms with Crippen LogP contribution in [0, 0.1) is 0 Å². The van der Waals surface area contributed by atoms with Crippen LogP contribution in [0.25, 0.3) is 0 Å². The number of hydrogen-bond donors (Lipinski definition) is 2. The van der Waals surface area contributed by atoms with E-state index in [1.165, 1.54) is 0 Å². The Morgan fingerprint density at radius 1 is 0.917 bits per heavy atom. The minimum absolute atomic E-state index is 0.281. The molecule has 3 rings (SSSR count). The number of imide groups is 1. The maximum atomic E-state index is 11.4. The number of urea groups is 1. The second kappa shape index (κ2) is 7.19. The Balaban J connectivity index is 1.55. The van der Waals surface area contributed by atoms with Gasteiger partial charge in [-0.1, -0.05) is 41.9 Å². The van der Waals surface area contributed by atoms with Crippen molar-refractivity contribution >= 4 is 23.5 Å². The Morgan fingerprint density at radius 2 is 1.58 bits per heavy atom. The predicted molar refractivity (Wildman–Crippen MR) is 90.7 cm³/mol. The highest BCUT2D eigenvalue weighted by Crippen LogP contribution is 2.16. The van der Waals surface area contributed by atoms with Gasteiger partial charge in [0.1, 0.15) is 18.1 Å². The maximum Gasteiger partial charge on any atom is 0.326 e. The van der Waals surface area contributed by atoms with E-state index < -0.39 is 11.9 Å². The summed E-state index contributed by atoms with van der Waals surface area (Å²) in [6, 6.07) is 14.6. The van der Waals surface area contributed by atoms with Gasteiger partial charge in [-0.3, -0.25) is 10.1 Å². The highest BCUT2D eigenvalue weighted by molar-refractivity contribution is 6.30. The maximum absolute atomic E-state index is 11.4. The molecule has 3 amide bonds. The van der Waals surface area contributed by atoms with Crippen LogP contribution in [0.2, 0.25) is 5.02 Å². The molecule has 2 N–H and O–H groups in total. The molecule has 6 heteroatoms. The second-order valence-electron chi connectivity index (χ2n) is 5.29. The van der Waals surface area contributed by atoms with E-state index in [1.54, 1.807) is 6.08 Å². The van der Waals surface area contributed by atoms with Gasteiger partial charge in [-0.15, -0.1) is 0 Å². The first-order valence-electron chi connectivity index (χ1n) is 7.39. The van der Waals surface area contributed by atoms with Gasteiger partial charge in [0.2, 0.25) is 0 Å². The van der Waals surface area contributed by atoms with Crippen molar-refractivity contribution in [1.82, 2.24) is 10.6 Å². The monoisotopic (exact) mass is 342 g/mol. The average Bonchev–Trinajstić information content (AvgIpc) is 2.91. The Bertz CT molecular complexity index is 783. The van der Waals surface area contributed by atoms with E-state index in [4.69, 9.17) is 16.3 Å². The van der Waals surface area contributed by atoms with Gasteiger partial charge >= 0.3 is 6.03 Å². The first-order valence-corrected chi connectivity index (χ1v) is 7.76. The van der Waals surface area contributed by atoms with E-state index in [0.29, 0.717) is 18.1 Å². The summed E-state index contributed by atoms with van der Waals surface area (Å²) >= 11 is 5.85. The van der Waals surface area contributed by atoms with Gasteiger partial charge in [-0.05, 0) is 41.8 Å². The van der Waals surface area contributed by atoms with Gasteiger partial charge in [0.25, 0.3) is 5.91 Å². The summed E-state index contributed by atoms with van der Waals surface area (Å²) in [4.78, 5) is 22.4. The summed E-state index contributed by atoms with van der Waals surface area (Å²) in [5.74, 6) is 0.358. The van der Waals surface area contributed by atoms with Crippen LogP contribution in [0.1, 0.15) is 11.1 Å².